The molecule has 138 valence electrons. The van der Waals surface area contributed by atoms with Crippen LogP contribution in [0, 0.1) is 17.8 Å². The number of nitrogens with zero attached hydrogens (tertiary/aromatic N) is 1. The maximum absolute atomic E-state index is 12.1. The molecular weight excluding hydrogens is 328 g/mol. The number of carbonyl (C=O) groups excluding carboxylic acids is 1. The first-order chi connectivity index (χ1) is 12.6. The van der Waals surface area contributed by atoms with E-state index in [0.717, 1.165) is 19.3 Å². The van der Waals surface area contributed by atoms with Crippen molar-refractivity contribution in [3.63, 3.8) is 0 Å². The fourth-order valence-corrected chi connectivity index (χ4v) is 7.73. The number of anilines is 1. The zero-order valence-electron chi connectivity index (χ0n) is 15.3. The van der Waals surface area contributed by atoms with Crippen LogP contribution in [0.2, 0.25) is 0 Å². The van der Waals surface area contributed by atoms with Gasteiger partial charge in [0.2, 0.25) is 0 Å². The Balaban J connectivity index is 1.57. The highest BCUT2D eigenvalue weighted by molar-refractivity contribution is 5.69. The molecule has 10 atom stereocenters. The molecule has 7 rings (SSSR count). The number of hydrogen-bond acceptors (Lipinski definition) is 5. The van der Waals surface area contributed by atoms with E-state index < -0.39 is 0 Å². The van der Waals surface area contributed by atoms with Gasteiger partial charge in [0.1, 0.15) is 12.3 Å². The van der Waals surface area contributed by atoms with Crippen molar-refractivity contribution in [3.05, 3.63) is 29.8 Å². The number of hydrogen-bond donors (Lipinski definition) is 2. The van der Waals surface area contributed by atoms with Crippen molar-refractivity contribution < 1.29 is 14.6 Å². The van der Waals surface area contributed by atoms with Crippen molar-refractivity contribution >= 4 is 11.7 Å². The van der Waals surface area contributed by atoms with Crippen LogP contribution in [0.1, 0.15) is 38.7 Å². The average Bonchev–Trinajstić information content (AvgIpc) is 3.08. The van der Waals surface area contributed by atoms with Crippen LogP contribution < -0.4 is 5.32 Å². The Bertz CT molecular complexity index is 797. The minimum absolute atomic E-state index is 0.0901. The smallest absolute Gasteiger partial charge is 0.302 e. The fraction of sp³-hybridized carbons (Fsp3) is 0.667. The Morgan fingerprint density at radius 2 is 2.19 bits per heavy atom. The summed E-state index contributed by atoms with van der Waals surface area (Å²) in [5, 5.41) is 14.9. The number of para-hydroxylation sites is 1. The number of benzene rings is 1. The van der Waals surface area contributed by atoms with Gasteiger partial charge in [0.25, 0.3) is 0 Å². The van der Waals surface area contributed by atoms with Gasteiger partial charge in [0.05, 0.1) is 11.5 Å². The molecule has 0 radical (unpaired) electrons. The molecule has 6 aliphatic rings. The number of carbonyl (C=O) groups is 1. The van der Waals surface area contributed by atoms with Gasteiger partial charge in [0.15, 0.2) is 0 Å². The Morgan fingerprint density at radius 3 is 2.96 bits per heavy atom. The second kappa shape index (κ2) is 4.82. The van der Waals surface area contributed by atoms with Crippen LogP contribution in [0.25, 0.3) is 0 Å². The average molecular weight is 354 g/mol. The van der Waals surface area contributed by atoms with Gasteiger partial charge < -0.3 is 15.2 Å². The van der Waals surface area contributed by atoms with Crippen molar-refractivity contribution in [1.82, 2.24) is 4.90 Å². The molecule has 5 bridgehead atoms. The fourth-order valence-electron chi connectivity index (χ4n) is 7.73. The quantitative estimate of drug-likeness (QED) is 0.797. The highest BCUT2D eigenvalue weighted by atomic mass is 16.5. The van der Waals surface area contributed by atoms with E-state index in [2.05, 4.69) is 41.4 Å². The molecule has 1 aromatic rings. The van der Waals surface area contributed by atoms with E-state index in [9.17, 15) is 9.90 Å². The second-order valence-corrected chi connectivity index (χ2v) is 8.99. The number of rotatable bonds is 2. The minimum Gasteiger partial charge on any atom is -0.461 e. The zero-order valence-corrected chi connectivity index (χ0v) is 15.3. The molecule has 26 heavy (non-hydrogen) atoms. The Labute approximate surface area is 153 Å². The molecule has 1 aliphatic carbocycles. The van der Waals surface area contributed by atoms with Crippen LogP contribution in [0.5, 0.6) is 0 Å². The van der Waals surface area contributed by atoms with Gasteiger partial charge >= 0.3 is 5.97 Å². The van der Waals surface area contributed by atoms with Crippen LogP contribution in [0.15, 0.2) is 24.3 Å². The van der Waals surface area contributed by atoms with Gasteiger partial charge in [-0.15, -0.1) is 0 Å². The minimum atomic E-state index is -0.357. The first kappa shape index (κ1) is 15.5. The standard InChI is InChI=1S/C21H26N2O3/c1-3-11-12-8-15-18-21(13-6-4-5-7-14(13)22-18)9-16(23(15)20(11)25)17(12)19(21)26-10(2)24/h4-7,11-12,15-20,22,25H,3,8-9H2,1-2H3/t11-,12-,15-,16-,17+,18-,19+,20+,21+/m0/s1. The van der Waals surface area contributed by atoms with Crippen molar-refractivity contribution in [2.75, 3.05) is 5.32 Å². The summed E-state index contributed by atoms with van der Waals surface area (Å²) in [6.07, 6.45) is 2.61. The SMILES string of the molecule is CC[C@H]1[C@@H]2C[C@H]3[C@@H]4Nc5ccccc5[C@]45C[C@@H]([C@@H]2[C@H]5OC(C)=O)N3[C@@H]1O. The summed E-state index contributed by atoms with van der Waals surface area (Å²) in [6.45, 7) is 3.72. The lowest BCUT2D eigenvalue weighted by Crippen LogP contribution is -2.71. The number of ether oxygens (including phenoxy) is 1. The Hall–Kier alpha value is -1.59. The van der Waals surface area contributed by atoms with E-state index in [4.69, 9.17) is 4.74 Å². The van der Waals surface area contributed by atoms with Gasteiger partial charge in [-0.1, -0.05) is 25.1 Å². The maximum Gasteiger partial charge on any atom is 0.302 e. The number of esters is 1. The van der Waals surface area contributed by atoms with Gasteiger partial charge in [-0.2, -0.15) is 0 Å². The summed E-state index contributed by atoms with van der Waals surface area (Å²) in [6, 6.07) is 9.39. The van der Waals surface area contributed by atoms with Crippen molar-refractivity contribution in [3.8, 4) is 0 Å². The normalized spacial score (nSPS) is 51.7. The lowest BCUT2D eigenvalue weighted by atomic mass is 9.63. The number of piperidine rings is 4. The molecular formula is C21H26N2O3. The van der Waals surface area contributed by atoms with Crippen LogP contribution in [0.3, 0.4) is 0 Å². The summed E-state index contributed by atoms with van der Waals surface area (Å²) in [5.41, 5.74) is 2.36. The summed E-state index contributed by atoms with van der Waals surface area (Å²) in [4.78, 5) is 14.5. The molecule has 5 heteroatoms. The third kappa shape index (κ3) is 1.51. The molecule has 1 spiro atoms. The maximum atomic E-state index is 12.1. The van der Waals surface area contributed by atoms with Crippen molar-refractivity contribution in [2.45, 2.75) is 69.0 Å². The van der Waals surface area contributed by atoms with E-state index in [1.165, 1.54) is 11.3 Å². The van der Waals surface area contributed by atoms with Gasteiger partial charge in [-0.25, -0.2) is 0 Å². The molecule has 5 nitrogen and oxygen atoms in total. The van der Waals surface area contributed by atoms with Crippen LogP contribution in [0.4, 0.5) is 5.69 Å². The molecule has 2 N–H and O–H groups in total. The third-order valence-electron chi connectivity index (χ3n) is 8.30. The molecule has 0 amide bonds. The van der Waals surface area contributed by atoms with E-state index in [-0.39, 0.29) is 35.7 Å². The summed E-state index contributed by atoms with van der Waals surface area (Å²) in [7, 11) is 0. The van der Waals surface area contributed by atoms with Crippen molar-refractivity contribution in [1.29, 1.82) is 0 Å². The third-order valence-corrected chi connectivity index (χ3v) is 8.30. The molecule has 5 fully saturated rings. The summed E-state index contributed by atoms with van der Waals surface area (Å²) >= 11 is 0. The Kier molecular flexibility index (Phi) is 2.86. The first-order valence-electron chi connectivity index (χ1n) is 10.1. The molecule has 5 aliphatic heterocycles. The Morgan fingerprint density at radius 1 is 1.38 bits per heavy atom. The highest BCUT2D eigenvalue weighted by Gasteiger charge is 2.76. The molecule has 1 aromatic carbocycles. The number of aliphatic hydroxyl groups excluding tert-OH is 1. The molecule has 1 saturated carbocycles. The van der Waals surface area contributed by atoms with Crippen LogP contribution in [-0.2, 0) is 14.9 Å². The van der Waals surface area contributed by atoms with E-state index in [1.54, 1.807) is 6.92 Å². The van der Waals surface area contributed by atoms with Gasteiger partial charge in [-0.05, 0) is 36.8 Å². The summed E-state index contributed by atoms with van der Waals surface area (Å²) in [5.74, 6) is 0.887. The predicted octanol–water partition coefficient (Wildman–Crippen LogP) is 2.10. The first-order valence-corrected chi connectivity index (χ1v) is 10.1. The van der Waals surface area contributed by atoms with E-state index >= 15 is 0 Å². The molecule has 1 unspecified atom stereocenters. The molecule has 4 saturated heterocycles. The molecule has 0 aromatic heterocycles. The number of fused-ring (bicyclic) bond motifs is 2. The highest BCUT2D eigenvalue weighted by Crippen LogP contribution is 2.68. The second-order valence-electron chi connectivity index (χ2n) is 8.99. The largest absolute Gasteiger partial charge is 0.461 e. The van der Waals surface area contributed by atoms with E-state index in [1.807, 2.05) is 0 Å². The van der Waals surface area contributed by atoms with Crippen LogP contribution >= 0.6 is 0 Å². The topological polar surface area (TPSA) is 61.8 Å². The van der Waals surface area contributed by atoms with E-state index in [0.29, 0.717) is 23.9 Å². The zero-order chi connectivity index (χ0) is 17.8. The molecule has 5 heterocycles. The van der Waals surface area contributed by atoms with Gasteiger partial charge in [0, 0.05) is 36.5 Å². The van der Waals surface area contributed by atoms with Gasteiger partial charge in [-0.3, -0.25) is 9.69 Å². The van der Waals surface area contributed by atoms with Crippen molar-refractivity contribution in [2.24, 2.45) is 17.8 Å². The van der Waals surface area contributed by atoms with Crippen LogP contribution in [-0.4, -0.2) is 46.4 Å². The number of nitrogens with one attached hydrogen (secondary N) is 1. The number of aliphatic hydroxyl groups is 1. The monoisotopic (exact) mass is 354 g/mol. The lowest BCUT2D eigenvalue weighted by Gasteiger charge is -2.61. The lowest BCUT2D eigenvalue weighted by molar-refractivity contribution is -0.211. The predicted molar refractivity (Wildman–Crippen MR) is 96.5 cm³/mol. The summed E-state index contributed by atoms with van der Waals surface area (Å²) < 4.78 is 6.11.